The Hall–Kier alpha value is -2.00. The second kappa shape index (κ2) is 7.71. The van der Waals surface area contributed by atoms with Crippen LogP contribution in [0.2, 0.25) is 0 Å². The van der Waals surface area contributed by atoms with Gasteiger partial charge in [0.2, 0.25) is 5.91 Å². The van der Waals surface area contributed by atoms with E-state index in [0.29, 0.717) is 0 Å². The van der Waals surface area contributed by atoms with Gasteiger partial charge in [-0.3, -0.25) is 14.9 Å². The number of phenolic OH excluding ortho intramolecular Hbond substituents is 1. The Morgan fingerprint density at radius 1 is 1.46 bits per heavy atom. The monoisotopic (exact) mass is 402 g/mol. The molecule has 10 heteroatoms. The lowest BCUT2D eigenvalue weighted by Gasteiger charge is -2.30. The molecule has 1 amide bonds. The van der Waals surface area contributed by atoms with E-state index in [-0.39, 0.29) is 29.5 Å². The van der Waals surface area contributed by atoms with E-state index in [0.717, 1.165) is 0 Å². The number of non-ortho nitro benzene ring substituents is 1. The number of carbonyl (C=O) groups is 2. The van der Waals surface area contributed by atoms with Crippen molar-refractivity contribution in [3.8, 4) is 5.75 Å². The number of esters is 1. The summed E-state index contributed by atoms with van der Waals surface area (Å²) in [6, 6.07) is 2.62. The zero-order chi connectivity index (χ0) is 19.6. The summed E-state index contributed by atoms with van der Waals surface area (Å²) in [5.74, 6) is -1.70. The molecule has 0 saturated carbocycles. The maximum atomic E-state index is 12.5. The van der Waals surface area contributed by atoms with Crippen LogP contribution in [0.4, 0.5) is 5.69 Å². The molecule has 1 aliphatic rings. The molecule has 1 N–H and O–H groups in total. The van der Waals surface area contributed by atoms with Gasteiger partial charge in [0.25, 0.3) is 5.69 Å². The van der Waals surface area contributed by atoms with Crippen LogP contribution in [0.25, 0.3) is 0 Å². The van der Waals surface area contributed by atoms with Crippen LogP contribution in [0, 0.1) is 10.1 Å². The number of rotatable bonds is 5. The van der Waals surface area contributed by atoms with E-state index in [9.17, 15) is 24.8 Å². The Balaban J connectivity index is 2.57. The molecule has 1 saturated heterocycles. The highest BCUT2D eigenvalue weighted by Gasteiger charge is 2.54. The zero-order valence-corrected chi connectivity index (χ0v) is 16.0. The highest BCUT2D eigenvalue weighted by molar-refractivity contribution is 8.01. The van der Waals surface area contributed by atoms with Crippen LogP contribution in [0.1, 0.15) is 31.7 Å². The van der Waals surface area contributed by atoms with Crippen molar-refractivity contribution in [1.82, 2.24) is 4.90 Å². The Bertz CT molecular complexity index is 741. The minimum Gasteiger partial charge on any atom is -0.508 e. The highest BCUT2D eigenvalue weighted by atomic mass is 35.5. The van der Waals surface area contributed by atoms with Gasteiger partial charge in [0.15, 0.2) is 0 Å². The number of amides is 1. The number of hydrogen-bond donors (Lipinski definition) is 1. The van der Waals surface area contributed by atoms with Gasteiger partial charge in [0, 0.05) is 22.4 Å². The van der Waals surface area contributed by atoms with Crippen molar-refractivity contribution in [1.29, 1.82) is 0 Å². The molecule has 0 unspecified atom stereocenters. The van der Waals surface area contributed by atoms with E-state index in [1.165, 1.54) is 34.9 Å². The molecule has 1 aromatic carbocycles. The Kier molecular flexibility index (Phi) is 6.02. The van der Waals surface area contributed by atoms with Gasteiger partial charge < -0.3 is 14.7 Å². The SMILES string of the molecule is CCOC(=O)[C@@H]1N(C(=O)CCl)[C@@H](c2cc([N+](=O)[O-])ccc2O)SC1(C)C. The number of thioether (sulfide) groups is 1. The third-order valence-corrected chi connectivity index (χ3v) is 5.77. The van der Waals surface area contributed by atoms with Gasteiger partial charge >= 0.3 is 5.97 Å². The number of nitro groups is 1. The maximum absolute atomic E-state index is 12.5. The average Bonchev–Trinajstić information content (AvgIpc) is 2.85. The van der Waals surface area contributed by atoms with Crippen LogP contribution in [0.3, 0.4) is 0 Å². The predicted molar refractivity (Wildman–Crippen MR) is 97.2 cm³/mol. The molecule has 1 aromatic rings. The van der Waals surface area contributed by atoms with Gasteiger partial charge in [-0.25, -0.2) is 4.79 Å². The first-order valence-corrected chi connectivity index (χ1v) is 9.24. The van der Waals surface area contributed by atoms with E-state index in [1.54, 1.807) is 20.8 Å². The summed E-state index contributed by atoms with van der Waals surface area (Å²) in [7, 11) is 0. The second-order valence-electron chi connectivity index (χ2n) is 6.16. The van der Waals surface area contributed by atoms with Gasteiger partial charge in [-0.15, -0.1) is 23.4 Å². The van der Waals surface area contributed by atoms with Gasteiger partial charge in [-0.1, -0.05) is 0 Å². The van der Waals surface area contributed by atoms with Gasteiger partial charge in [0.1, 0.15) is 23.0 Å². The van der Waals surface area contributed by atoms with Crippen LogP contribution >= 0.6 is 23.4 Å². The quantitative estimate of drug-likeness (QED) is 0.349. The van der Waals surface area contributed by atoms with Crippen LogP contribution < -0.4 is 0 Å². The standard InChI is InChI=1S/C16H19ClN2O6S/c1-4-25-15(22)13-16(2,3)26-14(18(13)12(21)8-17)10-7-9(19(23)24)5-6-11(10)20/h5-7,13-14,20H,4,8H2,1-3H3/t13-,14+/m0/s1. The molecule has 2 atom stereocenters. The number of nitro benzene ring substituents is 1. The van der Waals surface area contributed by atoms with Crippen LogP contribution in [-0.2, 0) is 14.3 Å². The van der Waals surface area contributed by atoms with E-state index in [2.05, 4.69) is 0 Å². The molecular formula is C16H19ClN2O6S. The molecule has 0 bridgehead atoms. The Morgan fingerprint density at radius 2 is 2.12 bits per heavy atom. The van der Waals surface area contributed by atoms with Crippen molar-refractivity contribution >= 4 is 40.9 Å². The summed E-state index contributed by atoms with van der Waals surface area (Å²) in [6.07, 6.45) is 0. The van der Waals surface area contributed by atoms with E-state index in [1.807, 2.05) is 0 Å². The number of phenols is 1. The fraction of sp³-hybridized carbons (Fsp3) is 0.500. The van der Waals surface area contributed by atoms with E-state index < -0.39 is 33.0 Å². The van der Waals surface area contributed by atoms with E-state index in [4.69, 9.17) is 16.3 Å². The molecule has 0 aliphatic carbocycles. The normalized spacial score (nSPS) is 21.5. The number of ether oxygens (including phenoxy) is 1. The van der Waals surface area contributed by atoms with Crippen LogP contribution in [0.5, 0.6) is 5.75 Å². The Morgan fingerprint density at radius 3 is 2.65 bits per heavy atom. The number of aromatic hydroxyl groups is 1. The molecule has 1 aliphatic heterocycles. The predicted octanol–water partition coefficient (Wildman–Crippen LogP) is 2.82. The first-order chi connectivity index (χ1) is 12.1. The summed E-state index contributed by atoms with van der Waals surface area (Å²) in [6.45, 7) is 5.33. The highest BCUT2D eigenvalue weighted by Crippen LogP contribution is 2.54. The largest absolute Gasteiger partial charge is 0.508 e. The summed E-state index contributed by atoms with van der Waals surface area (Å²) >= 11 is 6.96. The number of halogens is 1. The number of carbonyl (C=O) groups excluding carboxylic acids is 2. The molecule has 8 nitrogen and oxygen atoms in total. The Labute approximate surface area is 159 Å². The first-order valence-electron chi connectivity index (χ1n) is 7.83. The lowest BCUT2D eigenvalue weighted by atomic mass is 10.0. The number of nitrogens with zero attached hydrogens (tertiary/aromatic N) is 2. The zero-order valence-electron chi connectivity index (χ0n) is 14.5. The van der Waals surface area contributed by atoms with Crippen molar-refractivity contribution in [3.05, 3.63) is 33.9 Å². The second-order valence-corrected chi connectivity index (χ2v) is 8.16. The molecule has 0 spiro atoms. The number of hydrogen-bond acceptors (Lipinski definition) is 7. The van der Waals surface area contributed by atoms with Crippen molar-refractivity contribution in [2.45, 2.75) is 36.9 Å². The van der Waals surface area contributed by atoms with Gasteiger partial charge in [-0.05, 0) is 26.8 Å². The first kappa shape index (κ1) is 20.3. The molecule has 1 fully saturated rings. The summed E-state index contributed by atoms with van der Waals surface area (Å²) in [4.78, 5) is 36.7. The smallest absolute Gasteiger partial charge is 0.330 e. The molecule has 26 heavy (non-hydrogen) atoms. The van der Waals surface area contributed by atoms with Gasteiger partial charge in [-0.2, -0.15) is 0 Å². The topological polar surface area (TPSA) is 110 Å². The fourth-order valence-electron chi connectivity index (χ4n) is 2.91. The lowest BCUT2D eigenvalue weighted by molar-refractivity contribution is -0.385. The molecular weight excluding hydrogens is 384 g/mol. The third-order valence-electron chi connectivity index (χ3n) is 4.00. The molecule has 142 valence electrons. The molecule has 1 heterocycles. The summed E-state index contributed by atoms with van der Waals surface area (Å²) in [5.41, 5.74) is -0.0587. The van der Waals surface area contributed by atoms with Crippen LogP contribution in [-0.4, -0.2) is 50.1 Å². The van der Waals surface area contributed by atoms with Crippen LogP contribution in [0.15, 0.2) is 18.2 Å². The molecule has 2 rings (SSSR count). The molecule has 0 radical (unpaired) electrons. The minimum atomic E-state index is -0.942. The third kappa shape index (κ3) is 3.73. The summed E-state index contributed by atoms with van der Waals surface area (Å²) < 4.78 is 4.35. The average molecular weight is 403 g/mol. The van der Waals surface area contributed by atoms with E-state index >= 15 is 0 Å². The maximum Gasteiger partial charge on any atom is 0.330 e. The van der Waals surface area contributed by atoms with Gasteiger partial charge in [0.05, 0.1) is 11.5 Å². The van der Waals surface area contributed by atoms with Crippen molar-refractivity contribution in [2.75, 3.05) is 12.5 Å². The minimum absolute atomic E-state index is 0.145. The summed E-state index contributed by atoms with van der Waals surface area (Å²) in [5, 5.41) is 20.5. The van der Waals surface area contributed by atoms with Crippen molar-refractivity contribution < 1.29 is 24.4 Å². The van der Waals surface area contributed by atoms with Crippen molar-refractivity contribution in [3.63, 3.8) is 0 Å². The number of alkyl halides is 1. The molecule has 0 aromatic heterocycles. The van der Waals surface area contributed by atoms with Crippen molar-refractivity contribution in [2.24, 2.45) is 0 Å². The number of benzene rings is 1. The fourth-order valence-corrected chi connectivity index (χ4v) is 4.63. The lowest BCUT2D eigenvalue weighted by Crippen LogP contribution is -2.50.